The van der Waals surface area contributed by atoms with Crippen molar-refractivity contribution in [3.8, 4) is 0 Å². The highest BCUT2D eigenvalue weighted by molar-refractivity contribution is 5.03. The largest absolute Gasteiger partial charge is 0.355 e. The van der Waals surface area contributed by atoms with E-state index in [-0.39, 0.29) is 11.7 Å². The minimum atomic E-state index is -0.0401. The van der Waals surface area contributed by atoms with Crippen LogP contribution in [0.15, 0.2) is 0 Å². The zero-order valence-electron chi connectivity index (χ0n) is 13.0. The van der Waals surface area contributed by atoms with Gasteiger partial charge in [0.1, 0.15) is 0 Å². The lowest BCUT2D eigenvalue weighted by Gasteiger charge is -2.38. The molecule has 6 unspecified atom stereocenters. The van der Waals surface area contributed by atoms with E-state index in [1.54, 1.807) is 7.11 Å². The predicted octanol–water partition coefficient (Wildman–Crippen LogP) is 4.24. The van der Waals surface area contributed by atoms with Gasteiger partial charge in [-0.2, -0.15) is 0 Å². The number of methoxy groups -OCH3 is 1. The van der Waals surface area contributed by atoms with Crippen molar-refractivity contribution >= 4 is 0 Å². The van der Waals surface area contributed by atoms with Crippen LogP contribution in [0, 0.1) is 29.1 Å². The monoisotopic (exact) mass is 266 g/mol. The molecule has 3 rings (SSSR count). The summed E-state index contributed by atoms with van der Waals surface area (Å²) in [6.45, 7) is 6.74. The highest BCUT2D eigenvalue weighted by Crippen LogP contribution is 2.59. The van der Waals surface area contributed by atoms with E-state index in [9.17, 15) is 0 Å². The van der Waals surface area contributed by atoms with Crippen LogP contribution in [-0.4, -0.2) is 19.5 Å². The average Bonchev–Trinajstić information content (AvgIpc) is 3.07. The van der Waals surface area contributed by atoms with Crippen molar-refractivity contribution < 1.29 is 9.47 Å². The van der Waals surface area contributed by atoms with Gasteiger partial charge in [0.25, 0.3) is 0 Å². The SMILES string of the molecule is CCC(C)(C)C(OC)OC1CC2CC1C1CCCC21. The van der Waals surface area contributed by atoms with Crippen LogP contribution < -0.4 is 0 Å². The Labute approximate surface area is 118 Å². The maximum Gasteiger partial charge on any atom is 0.162 e. The van der Waals surface area contributed by atoms with Crippen molar-refractivity contribution in [1.29, 1.82) is 0 Å². The lowest BCUT2D eigenvalue weighted by atomic mass is 9.80. The van der Waals surface area contributed by atoms with Gasteiger partial charge in [-0.05, 0) is 55.8 Å². The lowest BCUT2D eigenvalue weighted by Crippen LogP contribution is -2.40. The normalized spacial score (nSPS) is 42.6. The number of ether oxygens (including phenoxy) is 2. The zero-order valence-corrected chi connectivity index (χ0v) is 13.0. The molecule has 3 fully saturated rings. The fourth-order valence-corrected chi connectivity index (χ4v) is 5.05. The third-order valence-electron chi connectivity index (χ3n) is 6.43. The molecule has 0 aromatic rings. The van der Waals surface area contributed by atoms with E-state index < -0.39 is 0 Å². The number of fused-ring (bicyclic) bond motifs is 5. The molecule has 110 valence electrons. The molecule has 3 saturated carbocycles. The van der Waals surface area contributed by atoms with Crippen LogP contribution in [0.25, 0.3) is 0 Å². The summed E-state index contributed by atoms with van der Waals surface area (Å²) in [6.07, 6.45) is 8.67. The topological polar surface area (TPSA) is 18.5 Å². The van der Waals surface area contributed by atoms with E-state index >= 15 is 0 Å². The molecule has 0 aliphatic heterocycles. The minimum Gasteiger partial charge on any atom is -0.355 e. The molecule has 3 aliphatic carbocycles. The second-order valence-corrected chi connectivity index (χ2v) is 7.74. The number of rotatable bonds is 5. The molecule has 0 saturated heterocycles. The van der Waals surface area contributed by atoms with Gasteiger partial charge >= 0.3 is 0 Å². The van der Waals surface area contributed by atoms with Crippen LogP contribution in [0.5, 0.6) is 0 Å². The van der Waals surface area contributed by atoms with E-state index in [4.69, 9.17) is 9.47 Å². The van der Waals surface area contributed by atoms with Crippen molar-refractivity contribution in [2.24, 2.45) is 29.1 Å². The minimum absolute atomic E-state index is 0.0401. The van der Waals surface area contributed by atoms with Crippen molar-refractivity contribution in [1.82, 2.24) is 0 Å². The quantitative estimate of drug-likeness (QED) is 0.693. The van der Waals surface area contributed by atoms with Crippen LogP contribution in [0.4, 0.5) is 0 Å². The summed E-state index contributed by atoms with van der Waals surface area (Å²) < 4.78 is 12.1. The molecule has 0 amide bonds. The molecule has 0 heterocycles. The third kappa shape index (κ3) is 2.25. The summed E-state index contributed by atoms with van der Waals surface area (Å²) in [6, 6.07) is 0. The van der Waals surface area contributed by atoms with Crippen LogP contribution >= 0.6 is 0 Å². The summed E-state index contributed by atoms with van der Waals surface area (Å²) in [4.78, 5) is 0. The van der Waals surface area contributed by atoms with Gasteiger partial charge in [0, 0.05) is 12.5 Å². The smallest absolute Gasteiger partial charge is 0.162 e. The van der Waals surface area contributed by atoms with Gasteiger partial charge in [0.2, 0.25) is 0 Å². The summed E-state index contributed by atoms with van der Waals surface area (Å²) in [5.74, 6) is 3.82. The van der Waals surface area contributed by atoms with Gasteiger partial charge in [-0.3, -0.25) is 0 Å². The first-order valence-electron chi connectivity index (χ1n) is 8.25. The van der Waals surface area contributed by atoms with Crippen molar-refractivity contribution in [3.63, 3.8) is 0 Å². The molecule has 6 atom stereocenters. The Kier molecular flexibility index (Phi) is 3.68. The molecule has 19 heavy (non-hydrogen) atoms. The van der Waals surface area contributed by atoms with Gasteiger partial charge in [-0.15, -0.1) is 0 Å². The van der Waals surface area contributed by atoms with Gasteiger partial charge < -0.3 is 9.47 Å². The highest BCUT2D eigenvalue weighted by atomic mass is 16.7. The van der Waals surface area contributed by atoms with Gasteiger partial charge in [0.05, 0.1) is 6.10 Å². The average molecular weight is 266 g/mol. The molecule has 0 aromatic heterocycles. The molecule has 2 heteroatoms. The molecule has 2 nitrogen and oxygen atoms in total. The Bertz CT molecular complexity index is 325. The molecule has 3 aliphatic rings. The van der Waals surface area contributed by atoms with E-state index in [1.165, 1.54) is 32.1 Å². The van der Waals surface area contributed by atoms with E-state index in [0.29, 0.717) is 6.10 Å². The van der Waals surface area contributed by atoms with Crippen LogP contribution in [0.3, 0.4) is 0 Å². The summed E-state index contributed by atoms with van der Waals surface area (Å²) in [5, 5.41) is 0. The Hall–Kier alpha value is -0.0800. The lowest BCUT2D eigenvalue weighted by molar-refractivity contribution is -0.222. The highest BCUT2D eigenvalue weighted by Gasteiger charge is 2.55. The maximum absolute atomic E-state index is 6.44. The second-order valence-electron chi connectivity index (χ2n) is 7.74. The first-order chi connectivity index (χ1) is 9.06. The fourth-order valence-electron chi connectivity index (χ4n) is 5.05. The molecule has 2 bridgehead atoms. The molecule has 0 aromatic carbocycles. The third-order valence-corrected chi connectivity index (χ3v) is 6.43. The predicted molar refractivity (Wildman–Crippen MR) is 76.8 cm³/mol. The molecular weight excluding hydrogens is 236 g/mol. The number of hydrogen-bond acceptors (Lipinski definition) is 2. The van der Waals surface area contributed by atoms with Crippen LogP contribution in [0.2, 0.25) is 0 Å². The van der Waals surface area contributed by atoms with E-state index in [2.05, 4.69) is 20.8 Å². The van der Waals surface area contributed by atoms with E-state index in [0.717, 1.165) is 30.1 Å². The van der Waals surface area contributed by atoms with Crippen molar-refractivity contribution in [2.75, 3.05) is 7.11 Å². The summed E-state index contributed by atoms with van der Waals surface area (Å²) in [7, 11) is 1.80. The van der Waals surface area contributed by atoms with Gasteiger partial charge in [-0.25, -0.2) is 0 Å². The number of hydrogen-bond donors (Lipinski definition) is 0. The van der Waals surface area contributed by atoms with E-state index in [1.807, 2.05) is 0 Å². The second kappa shape index (κ2) is 5.04. The van der Waals surface area contributed by atoms with Gasteiger partial charge in [-0.1, -0.05) is 27.2 Å². The molecule has 0 N–H and O–H groups in total. The summed E-state index contributed by atoms with van der Waals surface area (Å²) in [5.41, 5.74) is 0.117. The Balaban J connectivity index is 1.65. The van der Waals surface area contributed by atoms with Crippen LogP contribution in [-0.2, 0) is 9.47 Å². The Morgan fingerprint density at radius 3 is 2.53 bits per heavy atom. The molecule has 0 spiro atoms. The first-order valence-corrected chi connectivity index (χ1v) is 8.25. The molecular formula is C17H30O2. The maximum atomic E-state index is 6.44. The molecule has 0 radical (unpaired) electrons. The standard InChI is InChI=1S/C17H30O2/c1-5-17(2,3)16(18-4)19-15-10-11-9-14(15)13-8-6-7-12(11)13/h11-16H,5-10H2,1-4H3. The summed E-state index contributed by atoms with van der Waals surface area (Å²) >= 11 is 0. The van der Waals surface area contributed by atoms with Gasteiger partial charge in [0.15, 0.2) is 6.29 Å². The first kappa shape index (κ1) is 13.9. The fraction of sp³-hybridized carbons (Fsp3) is 1.00. The Morgan fingerprint density at radius 2 is 1.84 bits per heavy atom. The zero-order chi connectivity index (χ0) is 13.6. The Morgan fingerprint density at radius 1 is 1.11 bits per heavy atom. The van der Waals surface area contributed by atoms with Crippen molar-refractivity contribution in [3.05, 3.63) is 0 Å². The van der Waals surface area contributed by atoms with Crippen LogP contribution in [0.1, 0.15) is 59.3 Å². The van der Waals surface area contributed by atoms with Crippen molar-refractivity contribution in [2.45, 2.75) is 71.7 Å².